The average molecular weight is 256 g/mol. The van der Waals surface area contributed by atoms with E-state index in [1.807, 2.05) is 13.8 Å². The third kappa shape index (κ3) is 5.06. The van der Waals surface area contributed by atoms with Crippen LogP contribution in [0, 0.1) is 12.3 Å². The van der Waals surface area contributed by atoms with Crippen LogP contribution >= 0.6 is 0 Å². The summed E-state index contributed by atoms with van der Waals surface area (Å²) >= 11 is 0. The van der Waals surface area contributed by atoms with Gasteiger partial charge in [0, 0.05) is 13.7 Å². The third-order valence-electron chi connectivity index (χ3n) is 2.41. The normalized spacial score (nSPS) is 11.4. The molecule has 0 heterocycles. The fourth-order valence-corrected chi connectivity index (χ4v) is 1.61. The quantitative estimate of drug-likeness (QED) is 0.673. The molecule has 1 atom stereocenters. The number of amides is 2. The molecule has 1 unspecified atom stereocenters. The first-order valence-electron chi connectivity index (χ1n) is 5.67. The third-order valence-corrected chi connectivity index (χ3v) is 2.41. The van der Waals surface area contributed by atoms with Gasteiger partial charge >= 0.3 is 12.0 Å². The van der Waals surface area contributed by atoms with Crippen molar-refractivity contribution in [2.24, 2.45) is 0 Å². The molecule has 6 heteroatoms. The summed E-state index contributed by atoms with van der Waals surface area (Å²) in [6, 6.07) is -0.524. The molecule has 0 aromatic carbocycles. The van der Waals surface area contributed by atoms with E-state index in [2.05, 4.69) is 5.92 Å². The van der Waals surface area contributed by atoms with E-state index in [0.29, 0.717) is 13.2 Å². The van der Waals surface area contributed by atoms with E-state index >= 15 is 0 Å². The van der Waals surface area contributed by atoms with E-state index < -0.39 is 12.5 Å². The van der Waals surface area contributed by atoms with Crippen LogP contribution in [0.15, 0.2) is 0 Å². The molecule has 0 rings (SSSR count). The van der Waals surface area contributed by atoms with Crippen molar-refractivity contribution in [2.45, 2.75) is 19.9 Å². The van der Waals surface area contributed by atoms with Gasteiger partial charge in [-0.05, 0) is 13.8 Å². The molecule has 0 spiro atoms. The van der Waals surface area contributed by atoms with Gasteiger partial charge in [0.25, 0.3) is 0 Å². The number of rotatable bonds is 7. The molecule has 1 N–H and O–H groups in total. The molecule has 0 aliphatic heterocycles. The number of hydrogen-bond donors (Lipinski definition) is 1. The molecule has 0 saturated carbocycles. The molecular formula is C12H20N2O4. The second-order valence-electron chi connectivity index (χ2n) is 3.83. The first-order chi connectivity index (χ1) is 8.47. The molecule has 0 aliphatic carbocycles. The highest BCUT2D eigenvalue weighted by Gasteiger charge is 2.24. The Morgan fingerprint density at radius 3 is 2.50 bits per heavy atom. The van der Waals surface area contributed by atoms with Gasteiger partial charge in [-0.15, -0.1) is 6.42 Å². The highest BCUT2D eigenvalue weighted by Crippen LogP contribution is 2.05. The lowest BCUT2D eigenvalue weighted by Crippen LogP contribution is -2.50. The Bertz CT molecular complexity index is 325. The van der Waals surface area contributed by atoms with E-state index in [-0.39, 0.29) is 18.6 Å². The van der Waals surface area contributed by atoms with Gasteiger partial charge in [-0.25, -0.2) is 4.79 Å². The van der Waals surface area contributed by atoms with Gasteiger partial charge in [0.2, 0.25) is 0 Å². The minimum Gasteiger partial charge on any atom is -0.480 e. The Hall–Kier alpha value is -1.74. The van der Waals surface area contributed by atoms with Crippen LogP contribution in [0.3, 0.4) is 0 Å². The van der Waals surface area contributed by atoms with E-state index in [4.69, 9.17) is 16.3 Å². The monoisotopic (exact) mass is 256 g/mol. The molecule has 0 saturated heterocycles. The largest absolute Gasteiger partial charge is 0.480 e. The molecule has 0 radical (unpaired) electrons. The number of methoxy groups -OCH3 is 1. The van der Waals surface area contributed by atoms with Crippen molar-refractivity contribution in [1.29, 1.82) is 0 Å². The summed E-state index contributed by atoms with van der Waals surface area (Å²) in [4.78, 5) is 25.5. The summed E-state index contributed by atoms with van der Waals surface area (Å²) in [6.45, 7) is 4.07. The minimum absolute atomic E-state index is 0.0265. The van der Waals surface area contributed by atoms with Crippen LogP contribution in [0.25, 0.3) is 0 Å². The van der Waals surface area contributed by atoms with Crippen LogP contribution in [0.5, 0.6) is 0 Å². The van der Waals surface area contributed by atoms with Crippen LogP contribution in [0.2, 0.25) is 0 Å². The fourth-order valence-electron chi connectivity index (χ4n) is 1.61. The van der Waals surface area contributed by atoms with Gasteiger partial charge in [0.1, 0.15) is 6.54 Å². The van der Waals surface area contributed by atoms with Gasteiger partial charge in [-0.3, -0.25) is 4.79 Å². The Morgan fingerprint density at radius 1 is 1.50 bits per heavy atom. The smallest absolute Gasteiger partial charge is 0.323 e. The van der Waals surface area contributed by atoms with Gasteiger partial charge in [-0.2, -0.15) is 0 Å². The van der Waals surface area contributed by atoms with Crippen LogP contribution in [-0.2, 0) is 9.53 Å². The Morgan fingerprint density at radius 2 is 2.11 bits per heavy atom. The Kier molecular flexibility index (Phi) is 7.56. The van der Waals surface area contributed by atoms with Gasteiger partial charge < -0.3 is 19.6 Å². The highest BCUT2D eigenvalue weighted by molar-refractivity contribution is 5.80. The standard InChI is InChI=1S/C12H20N2O4/c1-5-7-13(8-11(15)16)12(17)14(6-2)10(3)9-18-4/h1,10H,6-9H2,2-4H3,(H,15,16). The number of carboxylic acids is 1. The highest BCUT2D eigenvalue weighted by atomic mass is 16.5. The molecule has 2 amide bonds. The number of aliphatic carboxylic acids is 1. The lowest BCUT2D eigenvalue weighted by Gasteiger charge is -2.32. The van der Waals surface area contributed by atoms with Crippen LogP contribution in [-0.4, -0.2) is 66.3 Å². The van der Waals surface area contributed by atoms with E-state index in [1.54, 1.807) is 7.11 Å². The molecule has 0 fully saturated rings. The maximum atomic E-state index is 12.2. The van der Waals surface area contributed by atoms with Crippen molar-refractivity contribution in [2.75, 3.05) is 33.4 Å². The minimum atomic E-state index is -1.09. The first-order valence-corrected chi connectivity index (χ1v) is 5.67. The van der Waals surface area contributed by atoms with Crippen LogP contribution in [0.1, 0.15) is 13.8 Å². The summed E-state index contributed by atoms with van der Waals surface area (Å²) in [7, 11) is 1.55. The topological polar surface area (TPSA) is 70.1 Å². The fraction of sp³-hybridized carbons (Fsp3) is 0.667. The SMILES string of the molecule is C#CCN(CC(=O)O)C(=O)N(CC)C(C)COC. The van der Waals surface area contributed by atoms with Crippen molar-refractivity contribution >= 4 is 12.0 Å². The second-order valence-corrected chi connectivity index (χ2v) is 3.83. The molecule has 6 nitrogen and oxygen atoms in total. The Balaban J connectivity index is 4.80. The maximum Gasteiger partial charge on any atom is 0.323 e. The van der Waals surface area contributed by atoms with Crippen molar-refractivity contribution in [3.63, 3.8) is 0 Å². The molecule has 0 aliphatic rings. The zero-order valence-corrected chi connectivity index (χ0v) is 11.0. The molecular weight excluding hydrogens is 236 g/mol. The van der Waals surface area contributed by atoms with Crippen molar-refractivity contribution in [1.82, 2.24) is 9.80 Å². The van der Waals surface area contributed by atoms with E-state index in [0.717, 1.165) is 4.90 Å². The number of urea groups is 1. The van der Waals surface area contributed by atoms with Gasteiger partial charge in [0.05, 0.1) is 19.2 Å². The summed E-state index contributed by atoms with van der Waals surface area (Å²) in [5.41, 5.74) is 0. The summed E-state index contributed by atoms with van der Waals surface area (Å²) < 4.78 is 4.99. The first kappa shape index (κ1) is 16.3. The number of carbonyl (C=O) groups excluding carboxylic acids is 1. The molecule has 18 heavy (non-hydrogen) atoms. The number of ether oxygens (including phenoxy) is 1. The Labute approximate surface area is 108 Å². The number of hydrogen-bond acceptors (Lipinski definition) is 3. The lowest BCUT2D eigenvalue weighted by molar-refractivity contribution is -0.137. The average Bonchev–Trinajstić information content (AvgIpc) is 2.29. The lowest BCUT2D eigenvalue weighted by atomic mass is 10.3. The van der Waals surface area contributed by atoms with Crippen molar-refractivity contribution < 1.29 is 19.4 Å². The maximum absolute atomic E-state index is 12.2. The second kappa shape index (κ2) is 8.37. The van der Waals surface area contributed by atoms with Gasteiger partial charge in [-0.1, -0.05) is 5.92 Å². The zero-order chi connectivity index (χ0) is 14.1. The molecule has 0 aromatic heterocycles. The van der Waals surface area contributed by atoms with Gasteiger partial charge in [0.15, 0.2) is 0 Å². The number of nitrogens with zero attached hydrogens (tertiary/aromatic N) is 2. The van der Waals surface area contributed by atoms with Crippen molar-refractivity contribution in [3.8, 4) is 12.3 Å². The number of terminal acetylenes is 1. The number of carbonyl (C=O) groups is 2. The predicted molar refractivity (Wildman–Crippen MR) is 67.2 cm³/mol. The number of likely N-dealkylation sites (N-methyl/N-ethyl adjacent to an activating group) is 1. The number of carboxylic acid groups (broad SMARTS) is 1. The summed E-state index contributed by atoms with van der Waals surface area (Å²) in [5, 5.41) is 8.75. The molecule has 0 aromatic rings. The van der Waals surface area contributed by atoms with Crippen LogP contribution in [0.4, 0.5) is 4.79 Å². The molecule has 102 valence electrons. The van der Waals surface area contributed by atoms with E-state index in [1.165, 1.54) is 4.90 Å². The van der Waals surface area contributed by atoms with E-state index in [9.17, 15) is 9.59 Å². The van der Waals surface area contributed by atoms with Crippen molar-refractivity contribution in [3.05, 3.63) is 0 Å². The predicted octanol–water partition coefficient (Wildman–Crippen LogP) is 0.483. The molecule has 0 bridgehead atoms. The van der Waals surface area contributed by atoms with Crippen LogP contribution < -0.4 is 0 Å². The summed E-state index contributed by atoms with van der Waals surface area (Å²) in [6.07, 6.45) is 5.14. The zero-order valence-electron chi connectivity index (χ0n) is 11.0. The summed E-state index contributed by atoms with van der Waals surface area (Å²) in [5.74, 6) is 1.20.